The smallest absolute Gasteiger partial charge is 0.354 e. The fraction of sp³-hybridized carbons (Fsp3) is 0.462. The molecular formula is C13H19N3O3. The minimum atomic E-state index is -1.07. The van der Waals surface area contributed by atoms with Crippen LogP contribution in [0.3, 0.4) is 0 Å². The molecule has 19 heavy (non-hydrogen) atoms. The van der Waals surface area contributed by atoms with Crippen LogP contribution in [0.4, 0.5) is 5.69 Å². The summed E-state index contributed by atoms with van der Waals surface area (Å²) in [5.41, 5.74) is 0.686. The summed E-state index contributed by atoms with van der Waals surface area (Å²) in [4.78, 5) is 27.8. The predicted molar refractivity (Wildman–Crippen MR) is 72.3 cm³/mol. The molecule has 1 aromatic rings. The lowest BCUT2D eigenvalue weighted by Gasteiger charge is -2.18. The Morgan fingerprint density at radius 1 is 1.42 bits per heavy atom. The number of anilines is 1. The number of nitrogens with one attached hydrogen (secondary N) is 1. The average molecular weight is 265 g/mol. The molecule has 0 radical (unpaired) electrons. The molecule has 1 aromatic heterocycles. The molecule has 0 spiro atoms. The highest BCUT2D eigenvalue weighted by Crippen LogP contribution is 2.10. The first-order valence-electron chi connectivity index (χ1n) is 6.07. The van der Waals surface area contributed by atoms with Crippen molar-refractivity contribution in [1.29, 1.82) is 0 Å². The van der Waals surface area contributed by atoms with E-state index in [2.05, 4.69) is 10.3 Å². The standard InChI is InChI=1S/C13H19N3O3/c1-9(2)6-15-12(17)8-16(3)10-4-5-11(13(18)19)14-7-10/h4-5,7,9H,6,8H2,1-3H3,(H,15,17)(H,18,19). The van der Waals surface area contributed by atoms with Crippen LogP contribution in [0, 0.1) is 5.92 Å². The van der Waals surface area contributed by atoms with E-state index in [1.165, 1.54) is 12.3 Å². The van der Waals surface area contributed by atoms with Gasteiger partial charge in [-0.3, -0.25) is 4.79 Å². The molecule has 1 heterocycles. The van der Waals surface area contributed by atoms with Gasteiger partial charge in [0.2, 0.25) is 5.91 Å². The van der Waals surface area contributed by atoms with Crippen molar-refractivity contribution in [2.75, 3.05) is 25.0 Å². The number of carbonyl (C=O) groups excluding carboxylic acids is 1. The van der Waals surface area contributed by atoms with Crippen LogP contribution in [0.5, 0.6) is 0 Å². The molecule has 0 saturated heterocycles. The Kier molecular flexibility index (Phi) is 5.29. The summed E-state index contributed by atoms with van der Waals surface area (Å²) in [7, 11) is 1.76. The monoisotopic (exact) mass is 265 g/mol. The van der Waals surface area contributed by atoms with E-state index in [1.54, 1.807) is 18.0 Å². The van der Waals surface area contributed by atoms with Gasteiger partial charge in [0.25, 0.3) is 0 Å². The lowest BCUT2D eigenvalue weighted by Crippen LogP contribution is -2.36. The van der Waals surface area contributed by atoms with Crippen LogP contribution in [0.25, 0.3) is 0 Å². The van der Waals surface area contributed by atoms with E-state index in [1.807, 2.05) is 13.8 Å². The number of carbonyl (C=O) groups is 2. The van der Waals surface area contributed by atoms with Gasteiger partial charge in [0.1, 0.15) is 5.69 Å². The van der Waals surface area contributed by atoms with Crippen molar-refractivity contribution in [3.05, 3.63) is 24.0 Å². The molecule has 0 aromatic carbocycles. The normalized spacial score (nSPS) is 10.3. The first kappa shape index (κ1) is 14.9. The van der Waals surface area contributed by atoms with E-state index in [0.717, 1.165) is 0 Å². The lowest BCUT2D eigenvalue weighted by atomic mass is 10.2. The minimum Gasteiger partial charge on any atom is -0.477 e. The summed E-state index contributed by atoms with van der Waals surface area (Å²) >= 11 is 0. The zero-order valence-electron chi connectivity index (χ0n) is 11.4. The number of aromatic carboxylic acids is 1. The second-order valence-corrected chi connectivity index (χ2v) is 4.76. The van der Waals surface area contributed by atoms with Crippen molar-refractivity contribution in [3.8, 4) is 0 Å². The number of rotatable bonds is 6. The number of hydrogen-bond acceptors (Lipinski definition) is 4. The summed E-state index contributed by atoms with van der Waals surface area (Å²) in [6, 6.07) is 3.05. The van der Waals surface area contributed by atoms with Crippen molar-refractivity contribution in [1.82, 2.24) is 10.3 Å². The van der Waals surface area contributed by atoms with Gasteiger partial charge in [-0.15, -0.1) is 0 Å². The minimum absolute atomic E-state index is 0.0126. The molecule has 0 unspecified atom stereocenters. The molecule has 0 atom stereocenters. The van der Waals surface area contributed by atoms with Crippen LogP contribution in [0.1, 0.15) is 24.3 Å². The van der Waals surface area contributed by atoms with Gasteiger partial charge >= 0.3 is 5.97 Å². The summed E-state index contributed by atoms with van der Waals surface area (Å²) < 4.78 is 0. The SMILES string of the molecule is CC(C)CNC(=O)CN(C)c1ccc(C(=O)O)nc1. The van der Waals surface area contributed by atoms with Gasteiger partial charge in [-0.2, -0.15) is 0 Å². The first-order chi connectivity index (χ1) is 8.90. The Bertz CT molecular complexity index is 443. The Balaban J connectivity index is 2.55. The van der Waals surface area contributed by atoms with Crippen LogP contribution in [-0.4, -0.2) is 42.1 Å². The van der Waals surface area contributed by atoms with Crippen LogP contribution < -0.4 is 10.2 Å². The molecule has 2 N–H and O–H groups in total. The topological polar surface area (TPSA) is 82.5 Å². The van der Waals surface area contributed by atoms with Gasteiger partial charge in [0.05, 0.1) is 18.4 Å². The van der Waals surface area contributed by atoms with Gasteiger partial charge in [-0.25, -0.2) is 9.78 Å². The zero-order chi connectivity index (χ0) is 14.4. The van der Waals surface area contributed by atoms with Gasteiger partial charge in [0, 0.05) is 13.6 Å². The van der Waals surface area contributed by atoms with Gasteiger partial charge < -0.3 is 15.3 Å². The third-order valence-electron chi connectivity index (χ3n) is 2.50. The van der Waals surface area contributed by atoms with Crippen molar-refractivity contribution in [3.63, 3.8) is 0 Å². The fourth-order valence-corrected chi connectivity index (χ4v) is 1.42. The number of amides is 1. The number of carboxylic acids is 1. The highest BCUT2D eigenvalue weighted by Gasteiger charge is 2.09. The maximum absolute atomic E-state index is 11.6. The highest BCUT2D eigenvalue weighted by molar-refractivity contribution is 5.85. The molecule has 0 aliphatic heterocycles. The van der Waals surface area contributed by atoms with Crippen LogP contribution in [0.2, 0.25) is 0 Å². The van der Waals surface area contributed by atoms with E-state index in [-0.39, 0.29) is 18.1 Å². The first-order valence-corrected chi connectivity index (χ1v) is 6.07. The summed E-state index contributed by atoms with van der Waals surface area (Å²) in [6.45, 7) is 4.90. The van der Waals surface area contributed by atoms with E-state index in [0.29, 0.717) is 18.2 Å². The quantitative estimate of drug-likeness (QED) is 0.801. The Morgan fingerprint density at radius 2 is 2.11 bits per heavy atom. The highest BCUT2D eigenvalue weighted by atomic mass is 16.4. The molecule has 6 nitrogen and oxygen atoms in total. The third kappa shape index (κ3) is 4.95. The van der Waals surface area contributed by atoms with Crippen molar-refractivity contribution in [2.24, 2.45) is 5.92 Å². The maximum Gasteiger partial charge on any atom is 0.354 e. The summed E-state index contributed by atoms with van der Waals surface area (Å²) in [6.07, 6.45) is 1.44. The van der Waals surface area contributed by atoms with Gasteiger partial charge in [0.15, 0.2) is 0 Å². The summed E-state index contributed by atoms with van der Waals surface area (Å²) in [5.74, 6) is -0.729. The molecule has 0 aliphatic carbocycles. The molecule has 0 bridgehead atoms. The Labute approximate surface area is 112 Å². The Hall–Kier alpha value is -2.11. The largest absolute Gasteiger partial charge is 0.477 e. The number of pyridine rings is 1. The van der Waals surface area contributed by atoms with Crippen LogP contribution >= 0.6 is 0 Å². The van der Waals surface area contributed by atoms with Gasteiger partial charge in [-0.1, -0.05) is 13.8 Å². The van der Waals surface area contributed by atoms with Crippen molar-refractivity contribution >= 4 is 17.6 Å². The molecule has 1 amide bonds. The van der Waals surface area contributed by atoms with Crippen molar-refractivity contribution < 1.29 is 14.7 Å². The number of nitrogens with zero attached hydrogens (tertiary/aromatic N) is 2. The molecular weight excluding hydrogens is 246 g/mol. The third-order valence-corrected chi connectivity index (χ3v) is 2.50. The van der Waals surface area contributed by atoms with E-state index in [9.17, 15) is 9.59 Å². The maximum atomic E-state index is 11.6. The average Bonchev–Trinajstić information content (AvgIpc) is 2.36. The second kappa shape index (κ2) is 6.72. The molecule has 0 aliphatic rings. The van der Waals surface area contributed by atoms with E-state index in [4.69, 9.17) is 5.11 Å². The summed E-state index contributed by atoms with van der Waals surface area (Å²) in [5, 5.41) is 11.6. The number of aromatic nitrogens is 1. The van der Waals surface area contributed by atoms with Crippen LogP contribution in [0.15, 0.2) is 18.3 Å². The van der Waals surface area contributed by atoms with Crippen molar-refractivity contribution in [2.45, 2.75) is 13.8 Å². The fourth-order valence-electron chi connectivity index (χ4n) is 1.42. The zero-order valence-corrected chi connectivity index (χ0v) is 11.4. The molecule has 1 rings (SSSR count). The molecule has 6 heteroatoms. The van der Waals surface area contributed by atoms with E-state index >= 15 is 0 Å². The second-order valence-electron chi connectivity index (χ2n) is 4.76. The van der Waals surface area contributed by atoms with E-state index < -0.39 is 5.97 Å². The molecule has 0 saturated carbocycles. The molecule has 104 valence electrons. The van der Waals surface area contributed by atoms with Crippen LogP contribution in [-0.2, 0) is 4.79 Å². The lowest BCUT2D eigenvalue weighted by molar-refractivity contribution is -0.119. The van der Waals surface area contributed by atoms with Gasteiger partial charge in [-0.05, 0) is 18.1 Å². The number of hydrogen-bond donors (Lipinski definition) is 2. The molecule has 0 fully saturated rings. The number of carboxylic acid groups (broad SMARTS) is 1. The Morgan fingerprint density at radius 3 is 2.58 bits per heavy atom. The number of likely N-dealkylation sites (N-methyl/N-ethyl adjacent to an activating group) is 1. The predicted octanol–water partition coefficient (Wildman–Crippen LogP) is 0.988.